The van der Waals surface area contributed by atoms with Gasteiger partial charge in [0.2, 0.25) is 15.9 Å². The Kier molecular flexibility index (Phi) is 6.98. The number of hydrogen-bond donors (Lipinski definition) is 0. The lowest BCUT2D eigenvalue weighted by atomic mass is 9.95. The van der Waals surface area contributed by atoms with Crippen molar-refractivity contribution in [2.45, 2.75) is 44.2 Å². The molecule has 0 saturated carbocycles. The van der Waals surface area contributed by atoms with Crippen molar-refractivity contribution in [3.8, 4) is 0 Å². The van der Waals surface area contributed by atoms with Crippen molar-refractivity contribution in [3.63, 3.8) is 0 Å². The highest BCUT2D eigenvalue weighted by Crippen LogP contribution is 2.27. The van der Waals surface area contributed by atoms with Crippen molar-refractivity contribution < 1.29 is 13.2 Å². The number of hydrogen-bond acceptors (Lipinski definition) is 3. The van der Waals surface area contributed by atoms with Crippen LogP contribution in [0.2, 0.25) is 5.02 Å². The summed E-state index contributed by atoms with van der Waals surface area (Å²) in [5.41, 5.74) is 1.09. The van der Waals surface area contributed by atoms with Gasteiger partial charge in [-0.15, -0.1) is 0 Å². The second kappa shape index (κ2) is 9.28. The predicted molar refractivity (Wildman–Crippen MR) is 115 cm³/mol. The van der Waals surface area contributed by atoms with Crippen LogP contribution in [0.25, 0.3) is 0 Å². The molecule has 2 aromatic carbocycles. The Morgan fingerprint density at radius 2 is 1.66 bits per heavy atom. The molecule has 1 aliphatic rings. The number of carbonyl (C=O) groups excluding carboxylic acids is 1. The van der Waals surface area contributed by atoms with E-state index in [0.29, 0.717) is 37.5 Å². The summed E-state index contributed by atoms with van der Waals surface area (Å²) in [4.78, 5) is 15.3. The van der Waals surface area contributed by atoms with Crippen molar-refractivity contribution >= 4 is 27.5 Å². The lowest BCUT2D eigenvalue weighted by Crippen LogP contribution is -2.46. The fraction of sp³-hybridized carbons (Fsp3) is 0.409. The Bertz CT molecular complexity index is 922. The first-order chi connectivity index (χ1) is 13.8. The lowest BCUT2D eigenvalue weighted by molar-refractivity contribution is -0.139. The van der Waals surface area contributed by atoms with E-state index in [9.17, 15) is 13.2 Å². The molecular formula is C22H27ClN2O3S. The molecule has 156 valence electrons. The largest absolute Gasteiger partial charge is 0.336 e. The molecule has 3 rings (SSSR count). The van der Waals surface area contributed by atoms with Crippen molar-refractivity contribution in [1.82, 2.24) is 9.21 Å². The van der Waals surface area contributed by atoms with Gasteiger partial charge in [-0.25, -0.2) is 8.42 Å². The molecular weight excluding hydrogens is 408 g/mol. The first-order valence-electron chi connectivity index (χ1n) is 9.89. The minimum absolute atomic E-state index is 0.0820. The number of piperidine rings is 1. The summed E-state index contributed by atoms with van der Waals surface area (Å²) in [5.74, 6) is -0.0508. The molecule has 2 aromatic rings. The van der Waals surface area contributed by atoms with Gasteiger partial charge in [-0.05, 0) is 56.5 Å². The monoisotopic (exact) mass is 434 g/mol. The summed E-state index contributed by atoms with van der Waals surface area (Å²) < 4.78 is 27.2. The van der Waals surface area contributed by atoms with Gasteiger partial charge in [-0.3, -0.25) is 4.79 Å². The van der Waals surface area contributed by atoms with Crippen LogP contribution in [0, 0.1) is 5.92 Å². The number of amides is 1. The normalized spacial score (nSPS) is 16.1. The van der Waals surface area contributed by atoms with Gasteiger partial charge in [0.25, 0.3) is 0 Å². The smallest absolute Gasteiger partial charge is 0.243 e. The summed E-state index contributed by atoms with van der Waals surface area (Å²) in [5, 5.41) is 0.500. The van der Waals surface area contributed by atoms with E-state index < -0.39 is 10.0 Å². The molecule has 0 atom stereocenters. The van der Waals surface area contributed by atoms with Crippen LogP contribution in [0.4, 0.5) is 0 Å². The summed E-state index contributed by atoms with van der Waals surface area (Å²) in [6.45, 7) is 5.29. The van der Waals surface area contributed by atoms with Gasteiger partial charge in [0, 0.05) is 36.6 Å². The van der Waals surface area contributed by atoms with Crippen LogP contribution in [-0.4, -0.2) is 42.7 Å². The molecule has 0 aromatic heterocycles. The summed E-state index contributed by atoms with van der Waals surface area (Å²) >= 11 is 5.86. The Labute approximate surface area is 178 Å². The van der Waals surface area contributed by atoms with E-state index in [1.165, 1.54) is 16.4 Å². The zero-order chi connectivity index (χ0) is 21.0. The molecule has 1 amide bonds. The fourth-order valence-electron chi connectivity index (χ4n) is 3.63. The maximum absolute atomic E-state index is 13.2. The van der Waals surface area contributed by atoms with Crippen LogP contribution < -0.4 is 0 Å². The SMILES string of the molecule is CC(C)N(Cc1ccccc1)C(=O)C1CCN(S(=O)(=O)c2ccc(Cl)cc2)CC1. The molecule has 0 bridgehead atoms. The maximum atomic E-state index is 13.2. The molecule has 0 N–H and O–H groups in total. The van der Waals surface area contributed by atoms with E-state index in [1.54, 1.807) is 12.1 Å². The van der Waals surface area contributed by atoms with Crippen molar-refractivity contribution in [2.75, 3.05) is 13.1 Å². The third kappa shape index (κ3) is 5.18. The zero-order valence-corrected chi connectivity index (χ0v) is 18.4. The molecule has 1 heterocycles. The number of carbonyl (C=O) groups is 1. The quantitative estimate of drug-likeness (QED) is 0.685. The number of benzene rings is 2. The molecule has 0 aliphatic carbocycles. The molecule has 0 radical (unpaired) electrons. The molecule has 1 fully saturated rings. The summed E-state index contributed by atoms with van der Waals surface area (Å²) in [6.07, 6.45) is 1.06. The topological polar surface area (TPSA) is 57.7 Å². The third-order valence-electron chi connectivity index (χ3n) is 5.36. The van der Waals surface area contributed by atoms with Crippen LogP contribution in [0.5, 0.6) is 0 Å². The van der Waals surface area contributed by atoms with E-state index in [-0.39, 0.29) is 22.8 Å². The van der Waals surface area contributed by atoms with E-state index in [1.807, 2.05) is 49.1 Å². The first-order valence-corrected chi connectivity index (χ1v) is 11.7. The second-order valence-electron chi connectivity index (χ2n) is 7.68. The standard InChI is InChI=1S/C22H27ClN2O3S/c1-17(2)25(16-18-6-4-3-5-7-18)22(26)19-12-14-24(15-13-19)29(27,28)21-10-8-20(23)9-11-21/h3-11,17,19H,12-16H2,1-2H3. The number of halogens is 1. The first kappa shape index (κ1) is 21.8. The Balaban J connectivity index is 1.65. The van der Waals surface area contributed by atoms with Crippen LogP contribution >= 0.6 is 11.6 Å². The average Bonchev–Trinajstić information content (AvgIpc) is 2.72. The molecule has 0 unspecified atom stereocenters. The van der Waals surface area contributed by atoms with Crippen LogP contribution in [0.1, 0.15) is 32.3 Å². The molecule has 1 aliphatic heterocycles. The van der Waals surface area contributed by atoms with Crippen molar-refractivity contribution in [1.29, 1.82) is 0 Å². The predicted octanol–water partition coefficient (Wildman–Crippen LogP) is 4.18. The van der Waals surface area contributed by atoms with Crippen LogP contribution in [0.3, 0.4) is 0 Å². The van der Waals surface area contributed by atoms with Crippen LogP contribution in [-0.2, 0) is 21.4 Å². The van der Waals surface area contributed by atoms with Crippen LogP contribution in [0.15, 0.2) is 59.5 Å². The Morgan fingerprint density at radius 3 is 2.21 bits per heavy atom. The minimum Gasteiger partial charge on any atom is -0.336 e. The minimum atomic E-state index is -3.56. The van der Waals surface area contributed by atoms with E-state index in [2.05, 4.69) is 0 Å². The number of sulfonamides is 1. The highest BCUT2D eigenvalue weighted by Gasteiger charge is 2.34. The van der Waals surface area contributed by atoms with Crippen molar-refractivity contribution in [3.05, 3.63) is 65.2 Å². The van der Waals surface area contributed by atoms with Gasteiger partial charge in [-0.2, -0.15) is 4.31 Å². The number of nitrogens with zero attached hydrogens (tertiary/aromatic N) is 2. The maximum Gasteiger partial charge on any atom is 0.243 e. The third-order valence-corrected chi connectivity index (χ3v) is 7.52. The molecule has 0 spiro atoms. The average molecular weight is 435 g/mol. The van der Waals surface area contributed by atoms with Gasteiger partial charge in [0.05, 0.1) is 4.90 Å². The van der Waals surface area contributed by atoms with E-state index in [0.717, 1.165) is 5.56 Å². The summed E-state index contributed by atoms with van der Waals surface area (Å²) in [7, 11) is -3.56. The highest BCUT2D eigenvalue weighted by molar-refractivity contribution is 7.89. The molecule has 5 nitrogen and oxygen atoms in total. The van der Waals surface area contributed by atoms with Gasteiger partial charge in [-0.1, -0.05) is 41.9 Å². The van der Waals surface area contributed by atoms with Gasteiger partial charge in [0.15, 0.2) is 0 Å². The summed E-state index contributed by atoms with van der Waals surface area (Å²) in [6, 6.07) is 16.2. The second-order valence-corrected chi connectivity index (χ2v) is 10.1. The van der Waals surface area contributed by atoms with Gasteiger partial charge < -0.3 is 4.90 Å². The van der Waals surface area contributed by atoms with Crippen molar-refractivity contribution in [2.24, 2.45) is 5.92 Å². The highest BCUT2D eigenvalue weighted by atomic mass is 35.5. The fourth-order valence-corrected chi connectivity index (χ4v) is 5.22. The molecule has 29 heavy (non-hydrogen) atoms. The van der Waals surface area contributed by atoms with E-state index >= 15 is 0 Å². The lowest BCUT2D eigenvalue weighted by Gasteiger charge is -2.35. The van der Waals surface area contributed by atoms with E-state index in [4.69, 9.17) is 11.6 Å². The van der Waals surface area contributed by atoms with Gasteiger partial charge in [0.1, 0.15) is 0 Å². The Hall–Kier alpha value is -1.89. The Morgan fingerprint density at radius 1 is 1.07 bits per heavy atom. The zero-order valence-electron chi connectivity index (χ0n) is 16.8. The van der Waals surface area contributed by atoms with Gasteiger partial charge >= 0.3 is 0 Å². The molecule has 1 saturated heterocycles. The number of rotatable bonds is 6. The molecule has 7 heteroatoms.